The lowest BCUT2D eigenvalue weighted by Gasteiger charge is -2.48. The van der Waals surface area contributed by atoms with E-state index in [-0.39, 0.29) is 35.8 Å². The van der Waals surface area contributed by atoms with Gasteiger partial charge < -0.3 is 0 Å². The Morgan fingerprint density at radius 1 is 0.833 bits per heavy atom. The van der Waals surface area contributed by atoms with E-state index in [4.69, 9.17) is 6.85 Å². The van der Waals surface area contributed by atoms with E-state index in [0.29, 0.717) is 5.56 Å². The molecule has 1 nitrogen and oxygen atoms in total. The van der Waals surface area contributed by atoms with Crippen LogP contribution in [0, 0.1) is 0 Å². The number of benzene rings is 1. The minimum Gasteiger partial charge on any atom is -0.294 e. The van der Waals surface area contributed by atoms with Gasteiger partial charge in [-0.05, 0) is 44.3 Å². The van der Waals surface area contributed by atoms with Gasteiger partial charge in [-0.15, -0.1) is 0 Å². The van der Waals surface area contributed by atoms with Gasteiger partial charge in [0.25, 0.3) is 0 Å². The summed E-state index contributed by atoms with van der Waals surface area (Å²) in [6, 6.07) is -0.661. The third-order valence-electron chi connectivity index (χ3n) is 4.61. The van der Waals surface area contributed by atoms with E-state index in [1.807, 2.05) is 0 Å². The van der Waals surface area contributed by atoms with Gasteiger partial charge in [0, 0.05) is 5.54 Å². The molecule has 1 aromatic rings. The van der Waals surface area contributed by atoms with E-state index < -0.39 is 0 Å². The van der Waals surface area contributed by atoms with Crippen molar-refractivity contribution >= 4 is 0 Å². The monoisotopic (exact) mass is 248 g/mol. The first-order valence-corrected chi connectivity index (χ1v) is 7.31. The molecule has 1 heterocycles. The summed E-state index contributed by atoms with van der Waals surface area (Å²) in [6.07, 6.45) is 8.63. The van der Waals surface area contributed by atoms with Crippen LogP contribution in [0.2, 0.25) is 0 Å². The third-order valence-corrected chi connectivity index (χ3v) is 4.61. The van der Waals surface area contributed by atoms with Crippen molar-refractivity contribution in [2.75, 3.05) is 13.1 Å². The van der Waals surface area contributed by atoms with Crippen LogP contribution in [-0.4, -0.2) is 18.0 Å². The fourth-order valence-electron chi connectivity index (χ4n) is 3.67. The van der Waals surface area contributed by atoms with Crippen LogP contribution in [0.4, 0.5) is 0 Å². The molecule has 1 aromatic carbocycles. The summed E-state index contributed by atoms with van der Waals surface area (Å²) in [5, 5.41) is 0. The Hall–Kier alpha value is -0.820. The molecule has 0 radical (unpaired) electrons. The van der Waals surface area contributed by atoms with E-state index >= 15 is 0 Å². The number of hydrogen-bond donors (Lipinski definition) is 0. The lowest BCUT2D eigenvalue weighted by atomic mass is 9.74. The average Bonchev–Trinajstić information content (AvgIpc) is 2.60. The molecular weight excluding hydrogens is 218 g/mol. The Morgan fingerprint density at radius 3 is 2.11 bits per heavy atom. The van der Waals surface area contributed by atoms with Crippen molar-refractivity contribution in [2.45, 2.75) is 56.9 Å². The topological polar surface area (TPSA) is 3.24 Å². The van der Waals surface area contributed by atoms with E-state index in [0.717, 1.165) is 51.6 Å². The summed E-state index contributed by atoms with van der Waals surface area (Å²) in [5.41, 5.74) is 0.177. The predicted molar refractivity (Wildman–Crippen MR) is 76.6 cm³/mol. The molecule has 0 amide bonds. The van der Waals surface area contributed by atoms with Crippen LogP contribution in [0.5, 0.6) is 0 Å². The number of nitrogens with zero attached hydrogens (tertiary/aromatic N) is 1. The minimum absolute atomic E-state index is 0.00322. The van der Waals surface area contributed by atoms with Gasteiger partial charge in [-0.2, -0.15) is 0 Å². The Bertz CT molecular complexity index is 560. The largest absolute Gasteiger partial charge is 0.294 e. The summed E-state index contributed by atoms with van der Waals surface area (Å²) in [5.74, 6) is 0. The second-order valence-corrected chi connectivity index (χ2v) is 5.64. The molecule has 1 aliphatic heterocycles. The smallest absolute Gasteiger partial charge is 0.0626 e. The first-order valence-electron chi connectivity index (χ1n) is 9.81. The minimum atomic E-state index is -0.369. The zero-order valence-electron chi connectivity index (χ0n) is 16.0. The summed E-state index contributed by atoms with van der Waals surface area (Å²) >= 11 is 0. The molecule has 2 fully saturated rings. The maximum absolute atomic E-state index is 8.42. The van der Waals surface area contributed by atoms with E-state index in [1.54, 1.807) is 0 Å². The molecular formula is C17H25N. The van der Waals surface area contributed by atoms with Crippen molar-refractivity contribution in [2.24, 2.45) is 0 Å². The van der Waals surface area contributed by atoms with Crippen molar-refractivity contribution in [1.29, 1.82) is 0 Å². The predicted octanol–water partition coefficient (Wildman–Crippen LogP) is 4.33. The maximum atomic E-state index is 8.42. The Morgan fingerprint density at radius 2 is 1.44 bits per heavy atom. The fraction of sp³-hybridized carbons (Fsp3) is 0.647. The van der Waals surface area contributed by atoms with E-state index in [2.05, 4.69) is 4.90 Å². The highest BCUT2D eigenvalue weighted by Crippen LogP contribution is 2.43. The zero-order valence-corrected chi connectivity index (χ0v) is 11.0. The molecule has 18 heavy (non-hydrogen) atoms. The lowest BCUT2D eigenvalue weighted by Crippen LogP contribution is -2.49. The molecule has 0 N–H and O–H groups in total. The molecule has 3 rings (SSSR count). The summed E-state index contributed by atoms with van der Waals surface area (Å²) in [7, 11) is 0. The highest BCUT2D eigenvalue weighted by atomic mass is 15.2. The van der Waals surface area contributed by atoms with Crippen molar-refractivity contribution in [3.8, 4) is 0 Å². The van der Waals surface area contributed by atoms with Crippen LogP contribution in [0.25, 0.3) is 0 Å². The molecule has 1 saturated heterocycles. The number of piperidine rings is 1. The first kappa shape index (κ1) is 7.69. The molecule has 1 heteroatoms. The third kappa shape index (κ3) is 2.21. The summed E-state index contributed by atoms with van der Waals surface area (Å²) < 4.78 is 40.7. The van der Waals surface area contributed by atoms with Gasteiger partial charge in [0.05, 0.1) is 6.85 Å². The second-order valence-electron chi connectivity index (χ2n) is 5.64. The zero-order chi connectivity index (χ0) is 16.6. The van der Waals surface area contributed by atoms with Crippen LogP contribution < -0.4 is 0 Å². The second kappa shape index (κ2) is 5.44. The van der Waals surface area contributed by atoms with Crippen LogP contribution in [-0.2, 0) is 5.54 Å². The molecule has 0 atom stereocenters. The van der Waals surface area contributed by atoms with Crippen molar-refractivity contribution < 1.29 is 6.85 Å². The van der Waals surface area contributed by atoms with Crippen LogP contribution >= 0.6 is 0 Å². The first-order chi connectivity index (χ1) is 11.0. The highest BCUT2D eigenvalue weighted by molar-refractivity contribution is 5.25. The highest BCUT2D eigenvalue weighted by Gasteiger charge is 2.39. The Kier molecular flexibility index (Phi) is 2.32. The molecule has 0 aromatic heterocycles. The molecule has 1 aliphatic carbocycles. The number of hydrogen-bond acceptors (Lipinski definition) is 1. The standard InChI is InChI=1S/C17H25N/c1-4-10-16(11-5-1)17(12-6-2-7-13-17)18-14-8-3-9-15-18/h1,4-5,10-11H,2-3,6-9,12-15H2/i1D,4D,5D,10D,11D. The molecule has 0 bridgehead atoms. The molecule has 98 valence electrons. The van der Waals surface area contributed by atoms with Gasteiger partial charge in [-0.25, -0.2) is 0 Å². The van der Waals surface area contributed by atoms with Crippen molar-refractivity contribution in [3.63, 3.8) is 0 Å². The van der Waals surface area contributed by atoms with Gasteiger partial charge in [0.1, 0.15) is 0 Å². The van der Waals surface area contributed by atoms with Crippen LogP contribution in [0.15, 0.2) is 30.2 Å². The Labute approximate surface area is 118 Å². The molecule has 2 aliphatic rings. The van der Waals surface area contributed by atoms with Crippen molar-refractivity contribution in [3.05, 3.63) is 35.8 Å². The maximum Gasteiger partial charge on any atom is 0.0626 e. The quantitative estimate of drug-likeness (QED) is 0.753. The summed E-state index contributed by atoms with van der Waals surface area (Å²) in [4.78, 5) is 2.42. The van der Waals surface area contributed by atoms with Crippen LogP contribution in [0.1, 0.15) is 63.8 Å². The van der Waals surface area contributed by atoms with Crippen molar-refractivity contribution in [1.82, 2.24) is 4.90 Å². The van der Waals surface area contributed by atoms with Gasteiger partial charge in [0.15, 0.2) is 0 Å². The average molecular weight is 248 g/mol. The van der Waals surface area contributed by atoms with E-state index in [9.17, 15) is 0 Å². The van der Waals surface area contributed by atoms with Gasteiger partial charge in [-0.3, -0.25) is 4.90 Å². The normalized spacial score (nSPS) is 28.8. The number of likely N-dealkylation sites (tertiary alicyclic amines) is 1. The van der Waals surface area contributed by atoms with E-state index in [1.165, 1.54) is 12.8 Å². The Balaban J connectivity index is 2.17. The van der Waals surface area contributed by atoms with Crippen LogP contribution in [0.3, 0.4) is 0 Å². The lowest BCUT2D eigenvalue weighted by molar-refractivity contribution is 0.0303. The summed E-state index contributed by atoms with van der Waals surface area (Å²) in [6.45, 7) is 1.95. The molecule has 1 saturated carbocycles. The number of rotatable bonds is 2. The van der Waals surface area contributed by atoms with Gasteiger partial charge in [0.2, 0.25) is 0 Å². The van der Waals surface area contributed by atoms with Gasteiger partial charge in [-0.1, -0.05) is 55.9 Å². The SMILES string of the molecule is [2H]c1c([2H])c([2H])c(C2(N3CCCCC3)CCCCC2)c([2H])c1[2H]. The molecule has 0 unspecified atom stereocenters. The van der Waals surface area contributed by atoms with Gasteiger partial charge >= 0.3 is 0 Å². The molecule has 0 spiro atoms. The fourth-order valence-corrected chi connectivity index (χ4v) is 3.67.